The molecule has 0 bridgehead atoms. The van der Waals surface area contributed by atoms with Crippen molar-refractivity contribution in [3.8, 4) is 11.1 Å². The molecule has 1 unspecified atom stereocenters. The number of hydrogen-bond acceptors (Lipinski definition) is 1. The van der Waals surface area contributed by atoms with Gasteiger partial charge in [-0.3, -0.25) is 4.90 Å². The molecule has 1 heterocycles. The van der Waals surface area contributed by atoms with Gasteiger partial charge in [0.05, 0.1) is 0 Å². The monoisotopic (exact) mass is 319 g/mol. The molecule has 1 saturated heterocycles. The lowest BCUT2D eigenvalue weighted by Gasteiger charge is -2.33. The Hall–Kier alpha value is -1.02. The first-order valence-corrected chi connectivity index (χ1v) is 8.16. The summed E-state index contributed by atoms with van der Waals surface area (Å²) in [6.07, 6.45) is 3.84. The molecule has 2 aromatic rings. The van der Waals surface area contributed by atoms with Crippen molar-refractivity contribution in [3.63, 3.8) is 0 Å². The average molecular weight is 320 g/mol. The first-order chi connectivity index (χ1) is 10.1. The van der Waals surface area contributed by atoms with Gasteiger partial charge >= 0.3 is 0 Å². The predicted molar refractivity (Wildman–Crippen MR) is 91.1 cm³/mol. The topological polar surface area (TPSA) is 3.24 Å². The van der Waals surface area contributed by atoms with Crippen LogP contribution in [-0.4, -0.2) is 18.5 Å². The fourth-order valence-electron chi connectivity index (χ4n) is 3.14. The number of nitrogens with zero attached hydrogens (tertiary/aromatic N) is 1. The van der Waals surface area contributed by atoms with Crippen molar-refractivity contribution in [2.75, 3.05) is 13.6 Å². The Morgan fingerprint density at radius 3 is 2.43 bits per heavy atom. The third-order valence-electron chi connectivity index (χ3n) is 4.24. The maximum atomic E-state index is 6.12. The van der Waals surface area contributed by atoms with Gasteiger partial charge in [0.1, 0.15) is 0 Å². The molecule has 1 fully saturated rings. The number of rotatable bonds is 2. The molecule has 3 rings (SSSR count). The normalized spacial score (nSPS) is 19.7. The van der Waals surface area contributed by atoms with Gasteiger partial charge in [0, 0.05) is 16.1 Å². The van der Waals surface area contributed by atoms with Crippen molar-refractivity contribution in [3.05, 3.63) is 58.1 Å². The van der Waals surface area contributed by atoms with E-state index < -0.39 is 0 Å². The largest absolute Gasteiger partial charge is 0.299 e. The van der Waals surface area contributed by atoms with Crippen LogP contribution in [0.4, 0.5) is 0 Å². The zero-order chi connectivity index (χ0) is 14.8. The van der Waals surface area contributed by atoms with Crippen LogP contribution in [0.1, 0.15) is 30.9 Å². The molecule has 0 radical (unpaired) electrons. The van der Waals surface area contributed by atoms with Crippen LogP contribution < -0.4 is 0 Å². The van der Waals surface area contributed by atoms with E-state index in [-0.39, 0.29) is 0 Å². The second kappa shape index (κ2) is 6.39. The fraction of sp³-hybridized carbons (Fsp3) is 0.333. The van der Waals surface area contributed by atoms with Crippen LogP contribution in [0.15, 0.2) is 42.5 Å². The Balaban J connectivity index is 1.95. The van der Waals surface area contributed by atoms with Crippen molar-refractivity contribution < 1.29 is 0 Å². The highest BCUT2D eigenvalue weighted by atomic mass is 35.5. The molecule has 0 aromatic heterocycles. The van der Waals surface area contributed by atoms with E-state index in [1.54, 1.807) is 6.07 Å². The predicted octanol–water partition coefficient (Wildman–Crippen LogP) is 5.82. The van der Waals surface area contributed by atoms with Crippen molar-refractivity contribution in [2.45, 2.75) is 25.3 Å². The molecule has 1 atom stereocenters. The minimum atomic E-state index is 0.522. The van der Waals surface area contributed by atoms with Crippen LogP contribution in [-0.2, 0) is 0 Å². The molecule has 110 valence electrons. The van der Waals surface area contributed by atoms with E-state index >= 15 is 0 Å². The summed E-state index contributed by atoms with van der Waals surface area (Å²) in [6, 6.07) is 15.0. The zero-order valence-electron chi connectivity index (χ0n) is 12.2. The lowest BCUT2D eigenvalue weighted by atomic mass is 9.93. The molecule has 0 N–H and O–H groups in total. The Bertz CT molecular complexity index is 619. The van der Waals surface area contributed by atoms with Gasteiger partial charge < -0.3 is 0 Å². The molecule has 1 nitrogen and oxygen atoms in total. The first kappa shape index (κ1) is 14.9. The lowest BCUT2D eigenvalue weighted by molar-refractivity contribution is 0.187. The first-order valence-electron chi connectivity index (χ1n) is 7.40. The van der Waals surface area contributed by atoms with E-state index in [0.717, 1.165) is 5.56 Å². The summed E-state index contributed by atoms with van der Waals surface area (Å²) in [5, 5.41) is 1.36. The Labute approximate surface area is 136 Å². The highest BCUT2D eigenvalue weighted by Crippen LogP contribution is 2.33. The standard InChI is InChI=1S/C18H19Cl2N/c1-21-8-3-2-7-18(21)14-6-4-5-13(9-14)15-10-16(19)12-17(20)11-15/h4-6,9-12,18H,2-3,7-8H2,1H3. The van der Waals surface area contributed by atoms with Crippen molar-refractivity contribution in [1.29, 1.82) is 0 Å². The number of halogens is 2. The van der Waals surface area contributed by atoms with E-state index in [1.807, 2.05) is 12.1 Å². The second-order valence-corrected chi connectivity index (χ2v) is 6.65. The minimum Gasteiger partial charge on any atom is -0.299 e. The van der Waals surface area contributed by atoms with Gasteiger partial charge in [0.25, 0.3) is 0 Å². The molecule has 0 aliphatic carbocycles. The SMILES string of the molecule is CN1CCCCC1c1cccc(-c2cc(Cl)cc(Cl)c2)c1. The van der Waals surface area contributed by atoms with Gasteiger partial charge in [-0.1, -0.05) is 47.8 Å². The van der Waals surface area contributed by atoms with Crippen LogP contribution in [0.2, 0.25) is 10.0 Å². The van der Waals surface area contributed by atoms with E-state index in [4.69, 9.17) is 23.2 Å². The summed E-state index contributed by atoms with van der Waals surface area (Å²) in [7, 11) is 2.22. The second-order valence-electron chi connectivity index (χ2n) is 5.78. The Morgan fingerprint density at radius 1 is 0.952 bits per heavy atom. The minimum absolute atomic E-state index is 0.522. The van der Waals surface area contributed by atoms with Crippen molar-refractivity contribution >= 4 is 23.2 Å². The molecule has 0 saturated carbocycles. The molecule has 0 amide bonds. The van der Waals surface area contributed by atoms with Crippen LogP contribution in [0.5, 0.6) is 0 Å². The van der Waals surface area contributed by atoms with Crippen molar-refractivity contribution in [2.24, 2.45) is 0 Å². The molecule has 1 aliphatic heterocycles. The van der Waals surface area contributed by atoms with E-state index in [9.17, 15) is 0 Å². The number of benzene rings is 2. The van der Waals surface area contributed by atoms with Crippen LogP contribution in [0.25, 0.3) is 11.1 Å². The summed E-state index contributed by atoms with van der Waals surface area (Å²) in [6.45, 7) is 1.18. The number of likely N-dealkylation sites (tertiary alicyclic amines) is 1. The van der Waals surface area contributed by atoms with Crippen molar-refractivity contribution in [1.82, 2.24) is 4.90 Å². The van der Waals surface area contributed by atoms with Gasteiger partial charge in [-0.15, -0.1) is 0 Å². The van der Waals surface area contributed by atoms with Gasteiger partial charge in [-0.25, -0.2) is 0 Å². The van der Waals surface area contributed by atoms with Gasteiger partial charge in [0.15, 0.2) is 0 Å². The third-order valence-corrected chi connectivity index (χ3v) is 4.67. The smallest absolute Gasteiger partial charge is 0.0426 e. The molecule has 21 heavy (non-hydrogen) atoms. The molecular weight excluding hydrogens is 301 g/mol. The van der Waals surface area contributed by atoms with E-state index in [2.05, 4.69) is 36.2 Å². The molecule has 2 aromatic carbocycles. The summed E-state index contributed by atoms with van der Waals surface area (Å²) < 4.78 is 0. The molecular formula is C18H19Cl2N. The van der Waals surface area contributed by atoms with Crippen LogP contribution in [0, 0.1) is 0 Å². The summed E-state index contributed by atoms with van der Waals surface area (Å²) in [4.78, 5) is 2.45. The maximum absolute atomic E-state index is 6.12. The van der Waals surface area contributed by atoms with Gasteiger partial charge in [-0.2, -0.15) is 0 Å². The van der Waals surface area contributed by atoms with E-state index in [0.29, 0.717) is 16.1 Å². The summed E-state index contributed by atoms with van der Waals surface area (Å²) >= 11 is 12.2. The lowest BCUT2D eigenvalue weighted by Crippen LogP contribution is -2.29. The van der Waals surface area contributed by atoms with Crippen LogP contribution in [0.3, 0.4) is 0 Å². The molecule has 1 aliphatic rings. The Morgan fingerprint density at radius 2 is 1.71 bits per heavy atom. The van der Waals surface area contributed by atoms with Gasteiger partial charge in [0.2, 0.25) is 0 Å². The van der Waals surface area contributed by atoms with Crippen LogP contribution >= 0.6 is 23.2 Å². The van der Waals surface area contributed by atoms with E-state index in [1.165, 1.54) is 36.9 Å². The highest BCUT2D eigenvalue weighted by molar-refractivity contribution is 6.35. The highest BCUT2D eigenvalue weighted by Gasteiger charge is 2.20. The summed E-state index contributed by atoms with van der Waals surface area (Å²) in [5.41, 5.74) is 3.63. The quantitative estimate of drug-likeness (QED) is 0.674. The maximum Gasteiger partial charge on any atom is 0.0426 e. The zero-order valence-corrected chi connectivity index (χ0v) is 13.7. The average Bonchev–Trinajstić information content (AvgIpc) is 2.47. The Kier molecular flexibility index (Phi) is 4.54. The molecule has 3 heteroatoms. The molecule has 0 spiro atoms. The van der Waals surface area contributed by atoms with Gasteiger partial charge in [-0.05, 0) is 67.4 Å². The number of hydrogen-bond donors (Lipinski definition) is 0. The fourth-order valence-corrected chi connectivity index (χ4v) is 3.67. The number of piperidine rings is 1. The third kappa shape index (κ3) is 3.42. The summed E-state index contributed by atoms with van der Waals surface area (Å²) in [5.74, 6) is 0.